The van der Waals surface area contributed by atoms with Crippen LogP contribution >= 0.6 is 12.0 Å². The Labute approximate surface area is 86.5 Å². The molecule has 0 bridgehead atoms. The summed E-state index contributed by atoms with van der Waals surface area (Å²) in [5.41, 5.74) is 1.16. The zero-order valence-electron chi connectivity index (χ0n) is 7.55. The molecule has 0 amide bonds. The Balaban J connectivity index is 2.08. The highest BCUT2D eigenvalue weighted by atomic mass is 32.2. The van der Waals surface area contributed by atoms with Crippen LogP contribution in [-0.4, -0.2) is 22.0 Å². The van der Waals surface area contributed by atoms with Crippen LogP contribution < -0.4 is 0 Å². The van der Waals surface area contributed by atoms with Crippen molar-refractivity contribution in [2.75, 3.05) is 5.75 Å². The van der Waals surface area contributed by atoms with Gasteiger partial charge >= 0.3 is 6.16 Å². The lowest BCUT2D eigenvalue weighted by molar-refractivity contribution is 0.153. The van der Waals surface area contributed by atoms with Gasteiger partial charge in [0.25, 0.3) is 0 Å². The smallest absolute Gasteiger partial charge is 0.449 e. The number of rotatable bonds is 5. The second-order valence-corrected chi connectivity index (χ2v) is 3.45. The Bertz CT molecular complexity index is 279. The monoisotopic (exact) mass is 213 g/mol. The molecule has 0 aliphatic heterocycles. The van der Waals surface area contributed by atoms with Crippen molar-refractivity contribution in [3.05, 3.63) is 30.1 Å². The number of hydrogen-bond acceptors (Lipinski definition) is 4. The molecule has 0 fully saturated rings. The van der Waals surface area contributed by atoms with Crippen molar-refractivity contribution >= 4 is 18.2 Å². The SMILES string of the molecule is O=C(O)OSCCCc1cccnc1. The van der Waals surface area contributed by atoms with Crippen LogP contribution in [0.25, 0.3) is 0 Å². The molecule has 0 spiro atoms. The summed E-state index contributed by atoms with van der Waals surface area (Å²) in [6.07, 6.45) is 4.07. The first-order chi connectivity index (χ1) is 6.79. The molecule has 1 aromatic heterocycles. The lowest BCUT2D eigenvalue weighted by Crippen LogP contribution is -1.94. The Morgan fingerprint density at radius 2 is 2.50 bits per heavy atom. The van der Waals surface area contributed by atoms with Gasteiger partial charge in [0, 0.05) is 18.1 Å². The molecule has 1 aromatic rings. The average Bonchev–Trinajstić information content (AvgIpc) is 2.18. The van der Waals surface area contributed by atoms with E-state index in [0.717, 1.165) is 30.4 Å². The maximum absolute atomic E-state index is 9.98. The first kappa shape index (κ1) is 10.8. The summed E-state index contributed by atoms with van der Waals surface area (Å²) in [7, 11) is 0. The second kappa shape index (κ2) is 6.26. The van der Waals surface area contributed by atoms with Crippen LogP contribution in [0.3, 0.4) is 0 Å². The van der Waals surface area contributed by atoms with Crippen molar-refractivity contribution in [3.63, 3.8) is 0 Å². The maximum atomic E-state index is 9.98. The van der Waals surface area contributed by atoms with E-state index in [4.69, 9.17) is 5.11 Å². The molecule has 0 aliphatic rings. The van der Waals surface area contributed by atoms with Crippen molar-refractivity contribution in [1.29, 1.82) is 0 Å². The molecule has 1 rings (SSSR count). The fourth-order valence-corrected chi connectivity index (χ4v) is 1.42. The molecule has 1 N–H and O–H groups in total. The van der Waals surface area contributed by atoms with Crippen LogP contribution in [0.2, 0.25) is 0 Å². The van der Waals surface area contributed by atoms with E-state index in [-0.39, 0.29) is 0 Å². The first-order valence-electron chi connectivity index (χ1n) is 4.20. The summed E-state index contributed by atoms with van der Waals surface area (Å²) >= 11 is 0.961. The van der Waals surface area contributed by atoms with Crippen LogP contribution in [0.1, 0.15) is 12.0 Å². The van der Waals surface area contributed by atoms with Gasteiger partial charge in [-0.25, -0.2) is 4.79 Å². The Morgan fingerprint density at radius 3 is 3.14 bits per heavy atom. The predicted octanol–water partition coefficient (Wildman–Crippen LogP) is 2.36. The molecular weight excluding hydrogens is 202 g/mol. The van der Waals surface area contributed by atoms with E-state index in [9.17, 15) is 4.79 Å². The normalized spacial score (nSPS) is 9.71. The second-order valence-electron chi connectivity index (χ2n) is 2.64. The van der Waals surface area contributed by atoms with E-state index < -0.39 is 6.16 Å². The summed E-state index contributed by atoms with van der Waals surface area (Å²) in [5.74, 6) is 0.668. The molecule has 0 saturated heterocycles. The molecule has 76 valence electrons. The lowest BCUT2D eigenvalue weighted by Gasteiger charge is -1.99. The van der Waals surface area contributed by atoms with Gasteiger partial charge in [-0.2, -0.15) is 0 Å². The molecule has 0 atom stereocenters. The standard InChI is InChI=1S/C9H11NO3S/c11-9(12)13-14-6-2-4-8-3-1-5-10-7-8/h1,3,5,7H,2,4,6H2,(H,11,12). The van der Waals surface area contributed by atoms with E-state index in [2.05, 4.69) is 9.17 Å². The molecule has 0 aliphatic carbocycles. The Hall–Kier alpha value is -1.23. The van der Waals surface area contributed by atoms with Gasteiger partial charge in [0.1, 0.15) is 0 Å². The molecule has 5 heteroatoms. The van der Waals surface area contributed by atoms with E-state index >= 15 is 0 Å². The minimum Gasteiger partial charge on any atom is -0.449 e. The van der Waals surface area contributed by atoms with Crippen molar-refractivity contribution in [3.8, 4) is 0 Å². The fourth-order valence-electron chi connectivity index (χ4n) is 0.973. The van der Waals surface area contributed by atoms with E-state index in [1.165, 1.54) is 0 Å². The van der Waals surface area contributed by atoms with Gasteiger partial charge in [-0.3, -0.25) is 4.98 Å². The number of hydrogen-bond donors (Lipinski definition) is 1. The number of aryl methyl sites for hydroxylation is 1. The quantitative estimate of drug-likeness (QED) is 0.601. The predicted molar refractivity (Wildman–Crippen MR) is 54.1 cm³/mol. The van der Waals surface area contributed by atoms with Crippen LogP contribution in [0, 0.1) is 0 Å². The highest BCUT2D eigenvalue weighted by molar-refractivity contribution is 7.95. The summed E-state index contributed by atoms with van der Waals surface area (Å²) < 4.78 is 4.30. The Morgan fingerprint density at radius 1 is 1.64 bits per heavy atom. The van der Waals surface area contributed by atoms with Crippen molar-refractivity contribution in [2.45, 2.75) is 12.8 Å². The van der Waals surface area contributed by atoms with Crippen LogP contribution in [0.15, 0.2) is 24.5 Å². The summed E-state index contributed by atoms with van der Waals surface area (Å²) in [4.78, 5) is 14.0. The summed E-state index contributed by atoms with van der Waals surface area (Å²) in [5, 5.41) is 8.18. The van der Waals surface area contributed by atoms with Gasteiger partial charge in [0.05, 0.1) is 12.0 Å². The molecule has 0 radical (unpaired) electrons. The molecule has 0 unspecified atom stereocenters. The zero-order valence-corrected chi connectivity index (χ0v) is 8.37. The number of carbonyl (C=O) groups is 1. The van der Waals surface area contributed by atoms with Crippen LogP contribution in [0.5, 0.6) is 0 Å². The third-order valence-electron chi connectivity index (χ3n) is 1.55. The van der Waals surface area contributed by atoms with Gasteiger partial charge in [-0.15, -0.1) is 0 Å². The molecule has 1 heterocycles. The minimum absolute atomic E-state index is 0.668. The van der Waals surface area contributed by atoms with Gasteiger partial charge in [-0.05, 0) is 24.5 Å². The number of carboxylic acid groups (broad SMARTS) is 1. The van der Waals surface area contributed by atoms with Gasteiger partial charge in [-0.1, -0.05) is 6.07 Å². The van der Waals surface area contributed by atoms with E-state index in [0.29, 0.717) is 5.75 Å². The molecule has 4 nitrogen and oxygen atoms in total. The molecule has 0 aromatic carbocycles. The fraction of sp³-hybridized carbons (Fsp3) is 0.333. The zero-order chi connectivity index (χ0) is 10.2. The minimum atomic E-state index is -1.24. The third-order valence-corrected chi connectivity index (χ3v) is 2.26. The van der Waals surface area contributed by atoms with Gasteiger partial charge < -0.3 is 9.29 Å². The molecular formula is C9H11NO3S. The third kappa shape index (κ3) is 4.71. The first-order valence-corrected chi connectivity index (χ1v) is 5.11. The average molecular weight is 213 g/mol. The van der Waals surface area contributed by atoms with Gasteiger partial charge in [0.15, 0.2) is 0 Å². The van der Waals surface area contributed by atoms with Crippen LogP contribution in [-0.2, 0) is 10.6 Å². The van der Waals surface area contributed by atoms with Crippen molar-refractivity contribution < 1.29 is 14.1 Å². The Kier molecular flexibility index (Phi) is 4.85. The topological polar surface area (TPSA) is 59.4 Å². The van der Waals surface area contributed by atoms with Gasteiger partial charge in [0.2, 0.25) is 0 Å². The molecule has 0 saturated carbocycles. The molecule has 14 heavy (non-hydrogen) atoms. The lowest BCUT2D eigenvalue weighted by atomic mass is 10.2. The maximum Gasteiger partial charge on any atom is 0.518 e. The summed E-state index contributed by atoms with van der Waals surface area (Å²) in [6, 6.07) is 3.88. The largest absolute Gasteiger partial charge is 0.518 e. The van der Waals surface area contributed by atoms with E-state index in [1.54, 1.807) is 6.20 Å². The number of pyridine rings is 1. The highest BCUT2D eigenvalue weighted by Gasteiger charge is 1.98. The van der Waals surface area contributed by atoms with E-state index in [1.807, 2.05) is 18.3 Å². The van der Waals surface area contributed by atoms with Crippen molar-refractivity contribution in [1.82, 2.24) is 4.98 Å². The van der Waals surface area contributed by atoms with Crippen molar-refractivity contribution in [2.24, 2.45) is 0 Å². The number of aromatic nitrogens is 1. The highest BCUT2D eigenvalue weighted by Crippen LogP contribution is 2.08. The van der Waals surface area contributed by atoms with Crippen LogP contribution in [0.4, 0.5) is 4.79 Å². The summed E-state index contributed by atoms with van der Waals surface area (Å²) in [6.45, 7) is 0. The number of nitrogens with zero attached hydrogens (tertiary/aromatic N) is 1.